The zero-order chi connectivity index (χ0) is 12.1. The average molecular weight is 221 g/mol. The van der Waals surface area contributed by atoms with E-state index in [0.29, 0.717) is 23.2 Å². The van der Waals surface area contributed by atoms with Gasteiger partial charge >= 0.3 is 5.97 Å². The minimum atomic E-state index is -0.426. The highest BCUT2D eigenvalue weighted by molar-refractivity contribution is 5.91. The van der Waals surface area contributed by atoms with Crippen molar-refractivity contribution in [2.45, 2.75) is 19.8 Å². The molecule has 0 heterocycles. The van der Waals surface area contributed by atoms with Crippen LogP contribution >= 0.6 is 0 Å². The number of Topliss-reactive ketones (excluding diaryl/α,β-unsaturated/α-hetero) is 1. The monoisotopic (exact) mass is 221 g/mol. The lowest BCUT2D eigenvalue weighted by Gasteiger charge is -2.06. The van der Waals surface area contributed by atoms with Crippen molar-refractivity contribution in [3.63, 3.8) is 0 Å². The van der Waals surface area contributed by atoms with Crippen LogP contribution in [0, 0.1) is 0 Å². The maximum Gasteiger partial charge on any atom is 0.337 e. The maximum absolute atomic E-state index is 11.3. The van der Waals surface area contributed by atoms with E-state index in [2.05, 4.69) is 4.74 Å². The van der Waals surface area contributed by atoms with E-state index in [0.717, 1.165) is 0 Å². The summed E-state index contributed by atoms with van der Waals surface area (Å²) >= 11 is 0. The van der Waals surface area contributed by atoms with Crippen molar-refractivity contribution < 1.29 is 14.3 Å². The van der Waals surface area contributed by atoms with Crippen molar-refractivity contribution >= 4 is 17.4 Å². The standard InChI is InChI=1S/C12H15NO3/c1-3-10(14)7-9-6-8(12(15)16-2)4-5-11(9)13/h4-6H,3,7,13H2,1-2H3. The fourth-order valence-electron chi connectivity index (χ4n) is 1.34. The summed E-state index contributed by atoms with van der Waals surface area (Å²) in [6.07, 6.45) is 0.717. The number of ketones is 1. The summed E-state index contributed by atoms with van der Waals surface area (Å²) in [7, 11) is 1.32. The Morgan fingerprint density at radius 1 is 1.38 bits per heavy atom. The van der Waals surface area contributed by atoms with Gasteiger partial charge in [-0.05, 0) is 23.8 Å². The number of nitrogens with two attached hydrogens (primary N) is 1. The molecule has 0 atom stereocenters. The number of ether oxygens (including phenoxy) is 1. The molecule has 4 heteroatoms. The van der Waals surface area contributed by atoms with Gasteiger partial charge < -0.3 is 10.5 Å². The molecule has 1 aromatic carbocycles. The minimum absolute atomic E-state index is 0.0914. The number of benzene rings is 1. The zero-order valence-electron chi connectivity index (χ0n) is 9.45. The molecule has 0 aliphatic rings. The minimum Gasteiger partial charge on any atom is -0.465 e. The molecule has 0 radical (unpaired) electrons. The third-order valence-electron chi connectivity index (χ3n) is 2.35. The fraction of sp³-hybridized carbons (Fsp3) is 0.333. The summed E-state index contributed by atoms with van der Waals surface area (Å²) in [5.74, 6) is -0.334. The topological polar surface area (TPSA) is 69.4 Å². The normalized spacial score (nSPS) is 9.88. The van der Waals surface area contributed by atoms with Gasteiger partial charge in [0.1, 0.15) is 5.78 Å². The van der Waals surface area contributed by atoms with Crippen LogP contribution in [0.5, 0.6) is 0 Å². The number of hydrogen-bond donors (Lipinski definition) is 1. The highest BCUT2D eigenvalue weighted by Gasteiger charge is 2.10. The van der Waals surface area contributed by atoms with Crippen LogP contribution in [0.2, 0.25) is 0 Å². The van der Waals surface area contributed by atoms with Crippen molar-refractivity contribution in [3.05, 3.63) is 29.3 Å². The molecule has 0 aliphatic heterocycles. The summed E-state index contributed by atoms with van der Waals surface area (Å²) in [6, 6.07) is 4.81. The number of esters is 1. The lowest BCUT2D eigenvalue weighted by molar-refractivity contribution is -0.118. The van der Waals surface area contributed by atoms with E-state index in [1.54, 1.807) is 25.1 Å². The Balaban J connectivity index is 2.99. The predicted molar refractivity (Wildman–Crippen MR) is 61.2 cm³/mol. The largest absolute Gasteiger partial charge is 0.465 e. The number of anilines is 1. The Labute approximate surface area is 94.4 Å². The molecular weight excluding hydrogens is 206 g/mol. The van der Waals surface area contributed by atoms with Gasteiger partial charge in [0.15, 0.2) is 0 Å². The third kappa shape index (κ3) is 2.82. The highest BCUT2D eigenvalue weighted by atomic mass is 16.5. The second-order valence-electron chi connectivity index (χ2n) is 3.47. The Hall–Kier alpha value is -1.84. The summed E-state index contributed by atoms with van der Waals surface area (Å²) in [4.78, 5) is 22.6. The van der Waals surface area contributed by atoms with Crippen molar-refractivity contribution in [2.24, 2.45) is 0 Å². The molecule has 0 spiro atoms. The van der Waals surface area contributed by atoms with E-state index in [1.807, 2.05) is 0 Å². The van der Waals surface area contributed by atoms with E-state index in [4.69, 9.17) is 5.73 Å². The van der Waals surface area contributed by atoms with E-state index >= 15 is 0 Å². The number of nitrogen functional groups attached to an aromatic ring is 1. The smallest absolute Gasteiger partial charge is 0.337 e. The van der Waals surface area contributed by atoms with Gasteiger partial charge in [-0.2, -0.15) is 0 Å². The van der Waals surface area contributed by atoms with Gasteiger partial charge in [-0.25, -0.2) is 4.79 Å². The predicted octanol–water partition coefficient (Wildman–Crippen LogP) is 1.58. The van der Waals surface area contributed by atoms with Gasteiger partial charge in [-0.1, -0.05) is 6.92 Å². The van der Waals surface area contributed by atoms with Gasteiger partial charge in [-0.3, -0.25) is 4.79 Å². The number of carbonyl (C=O) groups is 2. The first kappa shape index (κ1) is 12.2. The van der Waals surface area contributed by atoms with E-state index < -0.39 is 5.97 Å². The first-order valence-corrected chi connectivity index (χ1v) is 5.07. The van der Waals surface area contributed by atoms with Crippen LogP contribution < -0.4 is 5.73 Å². The molecule has 0 aromatic heterocycles. The van der Waals surface area contributed by atoms with Gasteiger partial charge in [-0.15, -0.1) is 0 Å². The van der Waals surface area contributed by atoms with Gasteiger partial charge in [0, 0.05) is 18.5 Å². The van der Waals surface area contributed by atoms with Crippen LogP contribution in [-0.2, 0) is 16.0 Å². The number of hydrogen-bond acceptors (Lipinski definition) is 4. The van der Waals surface area contributed by atoms with Gasteiger partial charge in [0.2, 0.25) is 0 Å². The van der Waals surface area contributed by atoms with Crippen molar-refractivity contribution in [1.82, 2.24) is 0 Å². The van der Waals surface area contributed by atoms with Crippen molar-refractivity contribution in [2.75, 3.05) is 12.8 Å². The second kappa shape index (κ2) is 5.30. The molecule has 0 saturated heterocycles. The van der Waals surface area contributed by atoms with Crippen LogP contribution in [0.3, 0.4) is 0 Å². The molecule has 16 heavy (non-hydrogen) atoms. The second-order valence-corrected chi connectivity index (χ2v) is 3.47. The number of carbonyl (C=O) groups excluding carboxylic acids is 2. The Bertz CT molecular complexity index is 413. The highest BCUT2D eigenvalue weighted by Crippen LogP contribution is 2.16. The Morgan fingerprint density at radius 3 is 2.62 bits per heavy atom. The lowest BCUT2D eigenvalue weighted by atomic mass is 10.0. The van der Waals surface area contributed by atoms with Gasteiger partial charge in [0.25, 0.3) is 0 Å². The van der Waals surface area contributed by atoms with E-state index in [-0.39, 0.29) is 12.2 Å². The van der Waals surface area contributed by atoms with Crippen LogP contribution in [0.25, 0.3) is 0 Å². The van der Waals surface area contributed by atoms with Crippen molar-refractivity contribution in [1.29, 1.82) is 0 Å². The summed E-state index contributed by atoms with van der Waals surface area (Å²) < 4.78 is 4.60. The van der Waals surface area contributed by atoms with Crippen molar-refractivity contribution in [3.8, 4) is 0 Å². The quantitative estimate of drug-likeness (QED) is 0.619. The first-order chi connectivity index (χ1) is 7.58. The van der Waals surface area contributed by atoms with E-state index in [1.165, 1.54) is 7.11 Å². The van der Waals surface area contributed by atoms with Crippen LogP contribution in [0.1, 0.15) is 29.3 Å². The maximum atomic E-state index is 11.3. The molecule has 0 bridgehead atoms. The molecular formula is C12H15NO3. The number of rotatable bonds is 4. The van der Waals surface area contributed by atoms with Crippen LogP contribution in [0.15, 0.2) is 18.2 Å². The molecule has 2 N–H and O–H groups in total. The molecule has 1 aromatic rings. The lowest BCUT2D eigenvalue weighted by Crippen LogP contribution is -2.07. The number of methoxy groups -OCH3 is 1. The molecule has 4 nitrogen and oxygen atoms in total. The zero-order valence-corrected chi connectivity index (χ0v) is 9.45. The summed E-state index contributed by atoms with van der Waals surface area (Å²) in [5.41, 5.74) is 7.34. The summed E-state index contributed by atoms with van der Waals surface area (Å²) in [5, 5.41) is 0. The molecule has 0 aliphatic carbocycles. The molecule has 0 saturated carbocycles. The van der Waals surface area contributed by atoms with Gasteiger partial charge in [0.05, 0.1) is 12.7 Å². The fourth-order valence-corrected chi connectivity index (χ4v) is 1.34. The molecule has 0 unspecified atom stereocenters. The SMILES string of the molecule is CCC(=O)Cc1cc(C(=O)OC)ccc1N. The molecule has 1 rings (SSSR count). The van der Waals surface area contributed by atoms with Crippen LogP contribution in [-0.4, -0.2) is 18.9 Å². The van der Waals surface area contributed by atoms with E-state index in [9.17, 15) is 9.59 Å². The first-order valence-electron chi connectivity index (χ1n) is 5.07. The Kier molecular flexibility index (Phi) is 4.05. The van der Waals surface area contributed by atoms with Crippen LogP contribution in [0.4, 0.5) is 5.69 Å². The Morgan fingerprint density at radius 2 is 2.06 bits per heavy atom. The average Bonchev–Trinajstić information content (AvgIpc) is 2.30. The molecule has 0 fully saturated rings. The molecule has 86 valence electrons. The summed E-state index contributed by atoms with van der Waals surface area (Å²) in [6.45, 7) is 1.79. The molecule has 0 amide bonds. The third-order valence-corrected chi connectivity index (χ3v) is 2.35.